The SMILES string of the molecule is CC(=O)NC[C@H]1CN(c2ccc(N3CCN(C(=O)CCC(=O)c4ccc(NN[C@H](C)C(=O)C(=O)OCC5c6ccccc6-c6ccccc65)cc4)CC3)c(F)c2)C(=O)O1.CC(=O)NC[C@H]1CN(c2ccc(N3CCNCC3)c(F)c2)C(=O)O1.C[C@@H](NNc1ccc(C(=O)CCC(=O)O)cc1)C(=O)C(=O)OCC1c2ccccc2-c2ccccc21.[3H][B]O. The molecule has 0 aromatic heterocycles. The van der Waals surface area contributed by atoms with Crippen molar-refractivity contribution in [3.63, 3.8) is 0 Å². The smallest absolute Gasteiger partial charge is 0.414 e. The van der Waals surface area contributed by atoms with Crippen LogP contribution in [0.3, 0.4) is 0 Å². The van der Waals surface area contributed by atoms with Gasteiger partial charge in [-0.05, 0) is 143 Å². The van der Waals surface area contributed by atoms with E-state index in [2.05, 4.69) is 37.7 Å². The summed E-state index contributed by atoms with van der Waals surface area (Å²) in [4.78, 5) is 154. The molecule has 0 spiro atoms. The Morgan fingerprint density at radius 3 is 1.24 bits per heavy atom. The first kappa shape index (κ1) is 87.1. The van der Waals surface area contributed by atoms with Crippen LogP contribution < -0.4 is 57.3 Å². The van der Waals surface area contributed by atoms with Crippen LogP contribution in [-0.4, -0.2) is 211 Å². The fourth-order valence-electron chi connectivity index (χ4n) is 14.7. The minimum absolute atomic E-state index is 0.0104. The molecule has 6 aliphatic rings. The molecule has 4 atom stereocenters. The maximum absolute atomic E-state index is 15.3. The number of esters is 2. The van der Waals surface area contributed by atoms with Gasteiger partial charge in [-0.25, -0.2) is 38.8 Å². The number of nitrogens with one attached hydrogen (secondary N) is 7. The summed E-state index contributed by atoms with van der Waals surface area (Å²) in [5, 5.41) is 24.3. The van der Waals surface area contributed by atoms with E-state index in [0.717, 1.165) is 70.7 Å². The highest BCUT2D eigenvalue weighted by molar-refractivity contribution is 6.36. The average molecular weight is 1660 g/mol. The highest BCUT2D eigenvalue weighted by atomic mass is 19.1. The number of hydrogen-bond acceptors (Lipinski definition) is 24. The van der Waals surface area contributed by atoms with Gasteiger partial charge in [0.1, 0.15) is 37.1 Å². The van der Waals surface area contributed by atoms with Crippen LogP contribution in [0.1, 0.15) is 108 Å². The van der Waals surface area contributed by atoms with Crippen LogP contribution in [0.15, 0.2) is 182 Å². The molecule has 4 saturated heterocycles. The van der Waals surface area contributed by atoms with Crippen LogP contribution in [0, 0.1) is 11.6 Å². The Morgan fingerprint density at radius 2 is 0.876 bits per heavy atom. The molecule has 0 saturated carbocycles. The zero-order chi connectivity index (χ0) is 87.1. The van der Waals surface area contributed by atoms with E-state index in [-0.39, 0.29) is 120 Å². The van der Waals surface area contributed by atoms with E-state index in [1.54, 1.807) is 91.5 Å². The Balaban J connectivity index is 0.000000194. The first-order valence-corrected chi connectivity index (χ1v) is 39.4. The summed E-state index contributed by atoms with van der Waals surface area (Å²) in [6.45, 7) is 11.5. The number of carboxylic acid groups (broad SMARTS) is 1. The number of cyclic esters (lactones) is 2. The van der Waals surface area contributed by atoms with E-state index < -0.39 is 71.8 Å². The standard InChI is InChI=1S/C44H45FN6O8.C28H26N2O6.C16H21FN4O3.BH2O/c1-27(42(55)43(56)58-26-37-35-9-5-3-7-33(35)34-8-4-6-10-36(34)37)47-48-30-13-11-29(12-14-30)40(53)17-18-41(54)50-21-19-49(20-22-50)39-16-15-31(23-38(39)45)51-25-32(59-44(51)57)24-46-28(2)52;1-17(29-30-19-12-10-18(11-13-19)25(31)14-15-26(32)33)27(34)28(35)36-16-24-22-8-4-2-6-20(22)21-7-3-5-9-23(21)24;1-11(22)19-9-13-10-21(16(23)24-13)12-2-3-15(14(17)8-12)20-6-4-18-5-7-20;1-2/h3-16,23,27,32,37,47-48H,17-22,24-26H2,1-2H3,(H,46,52);2-13,17,24,29-30H,14-16H2,1H3,(H,32,33);2-3,8,13,18H,4-7,9-10H2,1H3,(H,19,22);1-2H/t27-,32+;17-;13-;/m110./s1/i;;;1T. The van der Waals surface area contributed by atoms with Gasteiger partial charge in [0, 0.05) is 121 Å². The highest BCUT2D eigenvalue weighted by Gasteiger charge is 2.37. The van der Waals surface area contributed by atoms with Crippen molar-refractivity contribution in [1.82, 2.24) is 31.7 Å². The Labute approximate surface area is 699 Å². The molecule has 4 heterocycles. The van der Waals surface area contributed by atoms with Gasteiger partial charge >= 0.3 is 30.1 Å². The summed E-state index contributed by atoms with van der Waals surface area (Å²) in [6.07, 6.45) is -2.39. The normalized spacial score (nSPS) is 16.1. The molecule has 14 rings (SSSR count). The molecule has 33 heteroatoms. The van der Waals surface area contributed by atoms with E-state index in [1.807, 2.05) is 107 Å². The number of Topliss-reactive ketones (excluding diaryl/α,β-unsaturated/α-hetero) is 4. The second-order valence-corrected chi connectivity index (χ2v) is 29.2. The number of carbonyl (C=O) groups is 12. The minimum atomic E-state index is -1.03. The molecular formula is C88H94BF2N12O18. The number of ether oxygens (including phenoxy) is 4. The van der Waals surface area contributed by atoms with Crippen LogP contribution in [0.25, 0.3) is 22.3 Å². The van der Waals surface area contributed by atoms with Gasteiger partial charge in [0.15, 0.2) is 11.6 Å². The number of anilines is 6. The van der Waals surface area contributed by atoms with Crippen molar-refractivity contribution in [1.29, 1.82) is 1.34 Å². The fourth-order valence-corrected chi connectivity index (χ4v) is 14.7. The van der Waals surface area contributed by atoms with Gasteiger partial charge < -0.3 is 70.6 Å². The number of hydrogen-bond donors (Lipinski definition) is 9. The third-order valence-electron chi connectivity index (χ3n) is 21.1. The largest absolute Gasteiger partial charge is 0.481 e. The van der Waals surface area contributed by atoms with Crippen molar-refractivity contribution in [3.8, 4) is 22.3 Å². The number of halogens is 2. The third-order valence-corrected chi connectivity index (χ3v) is 21.1. The number of hydrazine groups is 2. The number of ketones is 4. The summed E-state index contributed by atoms with van der Waals surface area (Å²) in [5.74, 6) is -6.57. The van der Waals surface area contributed by atoms with Gasteiger partial charge in [-0.15, -0.1) is 0 Å². The molecule has 4 aliphatic heterocycles. The number of fused-ring (bicyclic) bond motifs is 6. The number of amides is 5. The number of nitrogens with zero attached hydrogens (tertiary/aromatic N) is 5. The van der Waals surface area contributed by atoms with Gasteiger partial charge in [0.05, 0.1) is 67.4 Å². The molecule has 8 aromatic carbocycles. The zero-order valence-corrected chi connectivity index (χ0v) is 67.0. The highest BCUT2D eigenvalue weighted by Crippen LogP contribution is 2.46. The monoisotopic (exact) mass is 1660 g/mol. The van der Waals surface area contributed by atoms with Crippen LogP contribution in [-0.2, 0) is 57.3 Å². The third kappa shape index (κ3) is 22.8. The van der Waals surface area contributed by atoms with Crippen molar-refractivity contribution in [3.05, 3.63) is 227 Å². The maximum atomic E-state index is 15.3. The van der Waals surface area contributed by atoms with Gasteiger partial charge in [0.25, 0.3) is 19.6 Å². The summed E-state index contributed by atoms with van der Waals surface area (Å²) in [5.41, 5.74) is 23.6. The number of benzene rings is 8. The van der Waals surface area contributed by atoms with Crippen LogP contribution in [0.2, 0.25) is 0 Å². The predicted octanol–water partition coefficient (Wildman–Crippen LogP) is 8.28. The number of piperazine rings is 2. The van der Waals surface area contributed by atoms with Crippen molar-refractivity contribution >= 4 is 113 Å². The predicted molar refractivity (Wildman–Crippen MR) is 448 cm³/mol. The molecule has 0 bridgehead atoms. The minimum Gasteiger partial charge on any atom is -0.481 e. The van der Waals surface area contributed by atoms with Crippen molar-refractivity contribution in [2.45, 2.75) is 89.5 Å². The van der Waals surface area contributed by atoms with E-state index in [0.29, 0.717) is 71.4 Å². The fraction of sp³-hybridized carbons (Fsp3) is 0.318. The first-order valence-electron chi connectivity index (χ1n) is 40.0. The van der Waals surface area contributed by atoms with Crippen molar-refractivity contribution in [2.24, 2.45) is 0 Å². The molecule has 2 aliphatic carbocycles. The van der Waals surface area contributed by atoms with Crippen LogP contribution >= 0.6 is 0 Å². The molecule has 121 heavy (non-hydrogen) atoms. The van der Waals surface area contributed by atoms with Gasteiger partial charge in [-0.3, -0.25) is 48.2 Å². The lowest BCUT2D eigenvalue weighted by Gasteiger charge is -2.36. The first-order chi connectivity index (χ1) is 58.8. The Kier molecular flexibility index (Phi) is 30.2. The summed E-state index contributed by atoms with van der Waals surface area (Å²) >= 11 is 0. The van der Waals surface area contributed by atoms with E-state index in [9.17, 15) is 61.9 Å². The number of carbonyl (C=O) groups excluding carboxylic acids is 11. The maximum Gasteiger partial charge on any atom is 0.414 e. The molecule has 0 unspecified atom stereocenters. The number of aliphatic carboxylic acids is 1. The number of rotatable bonds is 30. The Bertz CT molecular complexity index is 5070. The molecule has 4 fully saturated rings. The molecule has 9 N–H and O–H groups in total. The van der Waals surface area contributed by atoms with Crippen molar-refractivity contribution in [2.75, 3.05) is 122 Å². The van der Waals surface area contributed by atoms with E-state index in [1.165, 1.54) is 35.8 Å². The van der Waals surface area contributed by atoms with Crippen LogP contribution in [0.4, 0.5) is 52.5 Å². The van der Waals surface area contributed by atoms with Crippen LogP contribution in [0.5, 0.6) is 0 Å². The lowest BCUT2D eigenvalue weighted by Crippen LogP contribution is -2.49. The summed E-state index contributed by atoms with van der Waals surface area (Å²) in [6, 6.07) is 52.3. The van der Waals surface area contributed by atoms with E-state index in [4.69, 9.17) is 30.4 Å². The van der Waals surface area contributed by atoms with Crippen molar-refractivity contribution < 1.29 is 95.4 Å². The molecule has 631 valence electrons. The molecule has 5 amide bonds. The summed E-state index contributed by atoms with van der Waals surface area (Å²) < 4.78 is 56.8. The Hall–Kier alpha value is -13.2. The van der Waals surface area contributed by atoms with Gasteiger partial charge in [-0.1, -0.05) is 97.1 Å². The molecule has 1 radical (unpaired) electrons. The average Bonchev–Trinajstić information content (AvgIpc) is 1.61. The molecule has 30 nitrogen and oxygen atoms in total. The summed E-state index contributed by atoms with van der Waals surface area (Å²) in [7, 11) is 0.250. The second-order valence-electron chi connectivity index (χ2n) is 29.2. The van der Waals surface area contributed by atoms with Gasteiger partial charge in [0.2, 0.25) is 17.7 Å². The lowest BCUT2D eigenvalue weighted by molar-refractivity contribution is -0.154. The zero-order valence-electron chi connectivity index (χ0n) is 68.0. The topological polar surface area (TPSA) is 383 Å². The van der Waals surface area contributed by atoms with E-state index >= 15 is 4.39 Å². The lowest BCUT2D eigenvalue weighted by atomic mass is 9.98. The quantitative estimate of drug-likeness (QED) is 0.00510. The second kappa shape index (κ2) is 41.9. The number of carboxylic acids is 1. The Morgan fingerprint density at radius 1 is 0.512 bits per heavy atom. The molecule has 8 aromatic rings. The molecular weight excluding hydrogens is 1560 g/mol. The van der Waals surface area contributed by atoms with Gasteiger partial charge in [-0.2, -0.15) is 0 Å².